The highest BCUT2D eigenvalue weighted by Crippen LogP contribution is 2.64. The number of hydrogen-bond acceptors (Lipinski definition) is 1. The molecule has 2 nitrogen and oxygen atoms in total. The number of alkyl halides is 17. The van der Waals surface area contributed by atoms with Crippen molar-refractivity contribution >= 4 is 17.5 Å². The summed E-state index contributed by atoms with van der Waals surface area (Å²) in [4.78, 5) is 11.3. The van der Waals surface area contributed by atoms with Crippen molar-refractivity contribution < 1.29 is 79.4 Å². The highest BCUT2D eigenvalue weighted by molar-refractivity contribution is 6.22. The van der Waals surface area contributed by atoms with Crippen molar-refractivity contribution in [2.75, 3.05) is 0 Å². The van der Waals surface area contributed by atoms with Gasteiger partial charge in [0.25, 0.3) is 5.91 Å². The molecule has 0 heterocycles. The standard InChI is InChI=1S/C16H7ClF17NO/c17-16(33,34)15(31,32)14(29,30)13(27,28)12(25,26)11(23,24)10(21,22)9(19,20)8(36)35-5-6-1-3-7(18)4-2-6/h1-4H,5H2,(H,35,36). The van der Waals surface area contributed by atoms with E-state index in [0.717, 1.165) is 5.32 Å². The highest BCUT2D eigenvalue weighted by Gasteiger charge is 2.95. The summed E-state index contributed by atoms with van der Waals surface area (Å²) in [5.41, 5.74) is -0.406. The molecule has 0 spiro atoms. The number of nitrogens with one attached hydrogen (secondary N) is 1. The van der Waals surface area contributed by atoms with Crippen LogP contribution in [0.5, 0.6) is 0 Å². The molecule has 0 aliphatic heterocycles. The molecule has 20 heteroatoms. The van der Waals surface area contributed by atoms with Crippen molar-refractivity contribution in [2.45, 2.75) is 53.4 Å². The van der Waals surface area contributed by atoms with Crippen molar-refractivity contribution in [3.8, 4) is 0 Å². The summed E-state index contributed by atoms with van der Waals surface area (Å²) in [5.74, 6) is -61.7. The van der Waals surface area contributed by atoms with Gasteiger partial charge in [0.15, 0.2) is 0 Å². The van der Waals surface area contributed by atoms with Crippen LogP contribution in [-0.2, 0) is 11.3 Å². The Kier molecular flexibility index (Phi) is 7.93. The molecule has 0 aromatic heterocycles. The third-order valence-corrected chi connectivity index (χ3v) is 4.61. The SMILES string of the molecule is O=C(NCc1ccc(F)cc1)C(F)(F)C(F)(F)C(F)(F)C(F)(F)C(F)(F)C(F)(F)C(F)(F)C(F)(F)Cl. The van der Waals surface area contributed by atoms with Gasteiger partial charge < -0.3 is 5.32 Å². The third kappa shape index (κ3) is 4.51. The summed E-state index contributed by atoms with van der Waals surface area (Å²) < 4.78 is 226. The maximum absolute atomic E-state index is 13.7. The van der Waals surface area contributed by atoms with Gasteiger partial charge in [0, 0.05) is 6.54 Å². The summed E-state index contributed by atoms with van der Waals surface area (Å²) in [7, 11) is 0. The third-order valence-electron chi connectivity index (χ3n) is 4.37. The number of benzene rings is 1. The normalized spacial score (nSPS) is 15.2. The van der Waals surface area contributed by atoms with Crippen LogP contribution >= 0.6 is 11.6 Å². The molecule has 1 N–H and O–H groups in total. The molecule has 1 amide bonds. The molecule has 208 valence electrons. The molecule has 1 aromatic carbocycles. The molecule has 1 aromatic rings. The molecule has 0 bridgehead atoms. The Balaban J connectivity index is 3.45. The van der Waals surface area contributed by atoms with Gasteiger partial charge in [-0.15, -0.1) is 0 Å². The minimum absolute atomic E-state index is 0.406. The van der Waals surface area contributed by atoms with E-state index >= 15 is 0 Å². The first kappa shape index (κ1) is 31.8. The zero-order valence-corrected chi connectivity index (χ0v) is 17.0. The Morgan fingerprint density at radius 3 is 1.31 bits per heavy atom. The number of carbonyl (C=O) groups excluding carboxylic acids is 1. The molecular formula is C16H7ClF17NO. The van der Waals surface area contributed by atoms with Crippen LogP contribution in [-0.4, -0.2) is 52.7 Å². The summed E-state index contributed by atoms with van der Waals surface area (Å²) >= 11 is 3.41. The van der Waals surface area contributed by atoms with E-state index in [1.165, 1.54) is 0 Å². The molecule has 0 radical (unpaired) electrons. The molecule has 0 atom stereocenters. The highest BCUT2D eigenvalue weighted by atomic mass is 35.5. The lowest BCUT2D eigenvalue weighted by molar-refractivity contribution is -0.446. The lowest BCUT2D eigenvalue weighted by atomic mass is 9.89. The van der Waals surface area contributed by atoms with E-state index < -0.39 is 70.7 Å². The average molecular weight is 588 g/mol. The van der Waals surface area contributed by atoms with Crippen LogP contribution in [0.1, 0.15) is 5.56 Å². The van der Waals surface area contributed by atoms with Gasteiger partial charge >= 0.3 is 46.8 Å². The molecule has 0 unspecified atom stereocenters. The largest absolute Gasteiger partial charge is 0.393 e. The van der Waals surface area contributed by atoms with Gasteiger partial charge in [-0.25, -0.2) is 4.39 Å². The molecule has 0 aliphatic carbocycles. The second-order valence-corrected chi connectivity index (χ2v) is 7.30. The fourth-order valence-corrected chi connectivity index (χ4v) is 2.32. The van der Waals surface area contributed by atoms with E-state index in [1.54, 1.807) is 0 Å². The first-order valence-corrected chi connectivity index (χ1v) is 8.76. The molecule has 0 fully saturated rings. The van der Waals surface area contributed by atoms with Gasteiger partial charge in [-0.05, 0) is 29.3 Å². The maximum atomic E-state index is 13.7. The lowest BCUT2D eigenvalue weighted by Crippen LogP contribution is -2.75. The van der Waals surface area contributed by atoms with E-state index in [1.807, 2.05) is 0 Å². The number of amides is 1. The molecule has 1 rings (SSSR count). The van der Waals surface area contributed by atoms with E-state index in [-0.39, 0.29) is 0 Å². The summed E-state index contributed by atoms with van der Waals surface area (Å²) in [5, 5.41) is -6.12. The second-order valence-electron chi connectivity index (χ2n) is 6.83. The van der Waals surface area contributed by atoms with Gasteiger partial charge in [-0.3, -0.25) is 4.79 Å². The van der Waals surface area contributed by atoms with Crippen LogP contribution in [0, 0.1) is 5.82 Å². The van der Waals surface area contributed by atoms with Gasteiger partial charge in [0.2, 0.25) is 0 Å². The van der Waals surface area contributed by atoms with E-state index in [9.17, 15) is 79.4 Å². The Morgan fingerprint density at radius 2 is 0.944 bits per heavy atom. The van der Waals surface area contributed by atoms with Crippen molar-refractivity contribution in [3.05, 3.63) is 35.6 Å². The smallest absolute Gasteiger partial charge is 0.347 e. The summed E-state index contributed by atoms with van der Waals surface area (Å²) in [6.45, 7) is -1.32. The van der Waals surface area contributed by atoms with Gasteiger partial charge in [0.1, 0.15) is 5.82 Å². The van der Waals surface area contributed by atoms with Crippen molar-refractivity contribution in [2.24, 2.45) is 0 Å². The Hall–Kier alpha value is -2.21. The fraction of sp³-hybridized carbons (Fsp3) is 0.562. The summed E-state index contributed by atoms with van der Waals surface area (Å²) in [6.07, 6.45) is 0. The van der Waals surface area contributed by atoms with E-state index in [0.29, 0.717) is 24.3 Å². The van der Waals surface area contributed by atoms with Crippen LogP contribution in [0.25, 0.3) is 0 Å². The lowest BCUT2D eigenvalue weighted by Gasteiger charge is -2.42. The minimum atomic E-state index is -8.65. The molecule has 0 saturated heterocycles. The first-order chi connectivity index (χ1) is 15.6. The average Bonchev–Trinajstić information content (AvgIpc) is 2.71. The number of halogens is 18. The Morgan fingerprint density at radius 1 is 0.611 bits per heavy atom. The van der Waals surface area contributed by atoms with Crippen LogP contribution in [0.15, 0.2) is 24.3 Å². The number of rotatable bonds is 10. The quantitative estimate of drug-likeness (QED) is 0.239. The van der Waals surface area contributed by atoms with E-state index in [4.69, 9.17) is 0 Å². The van der Waals surface area contributed by atoms with Crippen LogP contribution in [0.2, 0.25) is 0 Å². The minimum Gasteiger partial charge on any atom is -0.347 e. The number of carbonyl (C=O) groups is 1. The first-order valence-electron chi connectivity index (χ1n) is 8.38. The van der Waals surface area contributed by atoms with Gasteiger partial charge in [0.05, 0.1) is 0 Å². The maximum Gasteiger partial charge on any atom is 0.393 e. The zero-order chi connectivity index (χ0) is 29.0. The second kappa shape index (κ2) is 8.97. The predicted octanol–water partition coefficient (Wildman–Crippen LogP) is 6.72. The fourth-order valence-electron chi connectivity index (χ4n) is 2.20. The van der Waals surface area contributed by atoms with Gasteiger partial charge in [-0.2, -0.15) is 70.2 Å². The molecular weight excluding hydrogens is 581 g/mol. The topological polar surface area (TPSA) is 29.1 Å². The van der Waals surface area contributed by atoms with Gasteiger partial charge in [-0.1, -0.05) is 12.1 Å². The summed E-state index contributed by atoms with van der Waals surface area (Å²) in [6, 6.07) is 2.60. The van der Waals surface area contributed by atoms with Crippen LogP contribution in [0.4, 0.5) is 74.6 Å². The van der Waals surface area contributed by atoms with Crippen molar-refractivity contribution in [1.82, 2.24) is 5.32 Å². The molecule has 0 aliphatic rings. The number of hydrogen-bond donors (Lipinski definition) is 1. The Bertz CT molecular complexity index is 954. The van der Waals surface area contributed by atoms with Crippen LogP contribution < -0.4 is 5.32 Å². The molecule has 0 saturated carbocycles. The van der Waals surface area contributed by atoms with Crippen LogP contribution in [0.3, 0.4) is 0 Å². The predicted molar refractivity (Wildman–Crippen MR) is 83.7 cm³/mol. The molecule has 36 heavy (non-hydrogen) atoms. The van der Waals surface area contributed by atoms with Crippen molar-refractivity contribution in [3.63, 3.8) is 0 Å². The Labute approximate surface area is 192 Å². The monoisotopic (exact) mass is 587 g/mol. The van der Waals surface area contributed by atoms with Crippen molar-refractivity contribution in [1.29, 1.82) is 0 Å². The zero-order valence-electron chi connectivity index (χ0n) is 16.2. The van der Waals surface area contributed by atoms with E-state index in [2.05, 4.69) is 11.6 Å².